The first-order valence-corrected chi connectivity index (χ1v) is 8.86. The average Bonchev–Trinajstić information content (AvgIpc) is 2.89. The van der Waals surface area contributed by atoms with Crippen LogP contribution >= 0.6 is 11.3 Å². The van der Waals surface area contributed by atoms with E-state index >= 15 is 0 Å². The Balaban J connectivity index is 2.22. The van der Waals surface area contributed by atoms with E-state index in [0.29, 0.717) is 29.9 Å². The molecule has 0 aliphatic carbocycles. The largest absolute Gasteiger partial charge is 0.380 e. The van der Waals surface area contributed by atoms with Gasteiger partial charge in [-0.2, -0.15) is 0 Å². The summed E-state index contributed by atoms with van der Waals surface area (Å²) in [7, 11) is 0. The molecule has 0 unspecified atom stereocenters. The van der Waals surface area contributed by atoms with Gasteiger partial charge >= 0.3 is 0 Å². The maximum atomic E-state index is 11.8. The van der Waals surface area contributed by atoms with Crippen LogP contribution in [0.25, 0.3) is 0 Å². The van der Waals surface area contributed by atoms with E-state index in [4.69, 9.17) is 4.74 Å². The van der Waals surface area contributed by atoms with Crippen LogP contribution in [-0.4, -0.2) is 36.6 Å². The molecule has 2 N–H and O–H groups in total. The van der Waals surface area contributed by atoms with Gasteiger partial charge in [0.1, 0.15) is 0 Å². The summed E-state index contributed by atoms with van der Waals surface area (Å²) < 4.78 is 5.44. The lowest BCUT2D eigenvalue weighted by Gasteiger charge is -2.07. The van der Waals surface area contributed by atoms with Gasteiger partial charge in [-0.15, -0.1) is 11.3 Å². The molecule has 7 heteroatoms. The fourth-order valence-corrected chi connectivity index (χ4v) is 2.32. The number of ether oxygens (including phenoxy) is 1. The number of carbonyl (C=O) groups excluding carboxylic acids is 2. The monoisotopic (exact) mass is 341 g/mol. The van der Waals surface area contributed by atoms with Crippen LogP contribution < -0.4 is 10.6 Å². The molecule has 6 nitrogen and oxygen atoms in total. The molecule has 0 aliphatic heterocycles. The molecule has 2 amide bonds. The van der Waals surface area contributed by atoms with Gasteiger partial charge in [0.15, 0.2) is 5.13 Å². The van der Waals surface area contributed by atoms with E-state index in [2.05, 4.69) is 29.5 Å². The SMILES string of the molecule is CC(C)CCOCCNC(=O)Cc1csc(NC(=O)C(C)C)n1. The highest BCUT2D eigenvalue weighted by Crippen LogP contribution is 2.16. The van der Waals surface area contributed by atoms with Crippen molar-refractivity contribution < 1.29 is 14.3 Å². The minimum Gasteiger partial charge on any atom is -0.380 e. The van der Waals surface area contributed by atoms with Crippen LogP contribution in [0.5, 0.6) is 0 Å². The number of hydrogen-bond acceptors (Lipinski definition) is 5. The molecule has 130 valence electrons. The summed E-state index contributed by atoms with van der Waals surface area (Å²) in [4.78, 5) is 27.6. The van der Waals surface area contributed by atoms with Gasteiger partial charge in [0, 0.05) is 24.4 Å². The number of rotatable bonds is 10. The molecule has 0 spiro atoms. The zero-order valence-corrected chi connectivity index (χ0v) is 15.2. The number of nitrogens with one attached hydrogen (secondary N) is 2. The molecule has 23 heavy (non-hydrogen) atoms. The van der Waals surface area contributed by atoms with Crippen molar-refractivity contribution in [2.75, 3.05) is 25.1 Å². The summed E-state index contributed by atoms with van der Waals surface area (Å²) in [6, 6.07) is 0. The van der Waals surface area contributed by atoms with Crippen molar-refractivity contribution in [3.05, 3.63) is 11.1 Å². The highest BCUT2D eigenvalue weighted by atomic mass is 32.1. The van der Waals surface area contributed by atoms with E-state index in [1.54, 1.807) is 5.38 Å². The Morgan fingerprint density at radius 2 is 2.00 bits per heavy atom. The van der Waals surface area contributed by atoms with Gasteiger partial charge < -0.3 is 15.4 Å². The quantitative estimate of drug-likeness (QED) is 0.641. The summed E-state index contributed by atoms with van der Waals surface area (Å²) >= 11 is 1.33. The lowest BCUT2D eigenvalue weighted by Crippen LogP contribution is -2.29. The van der Waals surface area contributed by atoms with Crippen LogP contribution in [0.2, 0.25) is 0 Å². The number of anilines is 1. The molecule has 0 aliphatic rings. The predicted octanol–water partition coefficient (Wildman–Crippen LogP) is 2.46. The second kappa shape index (κ2) is 10.3. The minimum absolute atomic E-state index is 0.0751. The lowest BCUT2D eigenvalue weighted by molar-refractivity contribution is -0.120. The lowest BCUT2D eigenvalue weighted by atomic mass is 10.1. The summed E-state index contributed by atoms with van der Waals surface area (Å²) in [6.45, 7) is 9.68. The highest BCUT2D eigenvalue weighted by Gasteiger charge is 2.11. The standard InChI is InChI=1S/C16H27N3O3S/c1-11(2)5-7-22-8-6-17-14(20)9-13-10-23-16(18-13)19-15(21)12(3)4/h10-12H,5-9H2,1-4H3,(H,17,20)(H,18,19,21). The first-order valence-electron chi connectivity index (χ1n) is 7.98. The number of thiazole rings is 1. The number of amides is 2. The van der Waals surface area contributed by atoms with Crippen molar-refractivity contribution in [3.8, 4) is 0 Å². The van der Waals surface area contributed by atoms with Crippen LogP contribution in [0.3, 0.4) is 0 Å². The Labute approximate surface area is 142 Å². The fraction of sp³-hybridized carbons (Fsp3) is 0.688. The predicted molar refractivity (Wildman–Crippen MR) is 92.6 cm³/mol. The Hall–Kier alpha value is -1.47. The Kier molecular flexibility index (Phi) is 8.79. The van der Waals surface area contributed by atoms with E-state index in [-0.39, 0.29) is 24.2 Å². The highest BCUT2D eigenvalue weighted by molar-refractivity contribution is 7.13. The molecule has 1 rings (SSSR count). The van der Waals surface area contributed by atoms with Crippen molar-refractivity contribution in [2.24, 2.45) is 11.8 Å². The van der Waals surface area contributed by atoms with Gasteiger partial charge in [0.2, 0.25) is 11.8 Å². The van der Waals surface area contributed by atoms with E-state index in [1.165, 1.54) is 11.3 Å². The maximum absolute atomic E-state index is 11.8. The van der Waals surface area contributed by atoms with Crippen LogP contribution in [-0.2, 0) is 20.7 Å². The second-order valence-electron chi connectivity index (χ2n) is 6.11. The molecule has 1 aromatic rings. The van der Waals surface area contributed by atoms with Crippen molar-refractivity contribution >= 4 is 28.3 Å². The second-order valence-corrected chi connectivity index (χ2v) is 6.97. The Bertz CT molecular complexity index is 501. The van der Waals surface area contributed by atoms with Gasteiger partial charge in [-0.3, -0.25) is 9.59 Å². The number of carbonyl (C=O) groups is 2. The van der Waals surface area contributed by atoms with Crippen LogP contribution in [0.15, 0.2) is 5.38 Å². The van der Waals surface area contributed by atoms with Crippen LogP contribution in [0.4, 0.5) is 5.13 Å². The van der Waals surface area contributed by atoms with Crippen molar-refractivity contribution in [3.63, 3.8) is 0 Å². The third kappa shape index (κ3) is 8.66. The average molecular weight is 341 g/mol. The summed E-state index contributed by atoms with van der Waals surface area (Å²) in [5, 5.41) is 7.85. The number of hydrogen-bond donors (Lipinski definition) is 2. The Morgan fingerprint density at radius 1 is 1.26 bits per heavy atom. The van der Waals surface area contributed by atoms with E-state index in [1.807, 2.05) is 13.8 Å². The maximum Gasteiger partial charge on any atom is 0.228 e. The van der Waals surface area contributed by atoms with Crippen molar-refractivity contribution in [1.82, 2.24) is 10.3 Å². The molecule has 0 bridgehead atoms. The smallest absolute Gasteiger partial charge is 0.228 e. The first kappa shape index (κ1) is 19.6. The summed E-state index contributed by atoms with van der Waals surface area (Å²) in [6.07, 6.45) is 1.23. The zero-order valence-electron chi connectivity index (χ0n) is 14.3. The molecule has 0 atom stereocenters. The molecule has 1 aromatic heterocycles. The van der Waals surface area contributed by atoms with Crippen molar-refractivity contribution in [2.45, 2.75) is 40.5 Å². The normalized spacial score (nSPS) is 11.0. The zero-order chi connectivity index (χ0) is 17.2. The van der Waals surface area contributed by atoms with Crippen LogP contribution in [0.1, 0.15) is 39.8 Å². The summed E-state index contributed by atoms with van der Waals surface area (Å²) in [5.74, 6) is 0.361. The molecule has 0 saturated heterocycles. The number of nitrogens with zero attached hydrogens (tertiary/aromatic N) is 1. The van der Waals surface area contributed by atoms with Gasteiger partial charge in [-0.25, -0.2) is 4.98 Å². The molecule has 0 radical (unpaired) electrons. The third-order valence-corrected chi connectivity index (χ3v) is 3.86. The molecular weight excluding hydrogens is 314 g/mol. The van der Waals surface area contributed by atoms with E-state index in [0.717, 1.165) is 13.0 Å². The van der Waals surface area contributed by atoms with Crippen molar-refractivity contribution in [1.29, 1.82) is 0 Å². The van der Waals surface area contributed by atoms with Gasteiger partial charge in [0.25, 0.3) is 0 Å². The number of aromatic nitrogens is 1. The van der Waals surface area contributed by atoms with E-state index in [9.17, 15) is 9.59 Å². The summed E-state index contributed by atoms with van der Waals surface area (Å²) in [5.41, 5.74) is 0.660. The van der Waals surface area contributed by atoms with Gasteiger partial charge in [-0.1, -0.05) is 27.7 Å². The molecule has 0 aromatic carbocycles. The van der Waals surface area contributed by atoms with Crippen LogP contribution in [0, 0.1) is 11.8 Å². The molecule has 0 fully saturated rings. The first-order chi connectivity index (χ1) is 10.9. The fourth-order valence-electron chi connectivity index (χ4n) is 1.61. The van der Waals surface area contributed by atoms with Gasteiger partial charge in [0.05, 0.1) is 18.7 Å². The van der Waals surface area contributed by atoms with Gasteiger partial charge in [-0.05, 0) is 12.3 Å². The molecule has 1 heterocycles. The molecule has 0 saturated carbocycles. The third-order valence-electron chi connectivity index (χ3n) is 3.06. The topological polar surface area (TPSA) is 80.3 Å². The Morgan fingerprint density at radius 3 is 2.65 bits per heavy atom. The van der Waals surface area contributed by atoms with E-state index < -0.39 is 0 Å². The minimum atomic E-state index is -0.0960. The molecular formula is C16H27N3O3S.